The van der Waals surface area contributed by atoms with Gasteiger partial charge in [0.05, 0.1) is 10.5 Å². The molecule has 3 N–H and O–H groups in total. The van der Waals surface area contributed by atoms with E-state index in [-0.39, 0.29) is 11.4 Å². The number of nitrogens with two attached hydrogens (primary N) is 1. The lowest BCUT2D eigenvalue weighted by molar-refractivity contribution is 0.0465. The molecule has 1 fully saturated rings. The van der Waals surface area contributed by atoms with Crippen molar-refractivity contribution in [3.8, 4) is 0 Å². The van der Waals surface area contributed by atoms with Crippen LogP contribution in [0.2, 0.25) is 0 Å². The molecule has 0 radical (unpaired) electrons. The molecule has 0 aromatic heterocycles. The van der Waals surface area contributed by atoms with Gasteiger partial charge in [-0.3, -0.25) is 0 Å². The minimum absolute atomic E-state index is 0.195. The molecule has 1 aromatic rings. The first-order valence-corrected chi connectivity index (χ1v) is 8.31. The van der Waals surface area contributed by atoms with Gasteiger partial charge in [-0.1, -0.05) is 18.2 Å². The van der Waals surface area contributed by atoms with Gasteiger partial charge in [-0.05, 0) is 37.8 Å². The summed E-state index contributed by atoms with van der Waals surface area (Å²) in [4.78, 5) is 0.282. The van der Waals surface area contributed by atoms with Crippen molar-refractivity contribution in [3.05, 3.63) is 29.8 Å². The SMILES string of the molecule is CC1(O)CCCN(S(=O)(=O)c2ccccc2CN)CC1. The van der Waals surface area contributed by atoms with Crippen LogP contribution >= 0.6 is 0 Å². The first kappa shape index (κ1) is 15.4. The van der Waals surface area contributed by atoms with Crippen LogP contribution in [0, 0.1) is 0 Å². The number of sulfonamides is 1. The van der Waals surface area contributed by atoms with Crippen molar-refractivity contribution in [1.82, 2.24) is 4.31 Å². The summed E-state index contributed by atoms with van der Waals surface area (Å²) < 4.78 is 26.9. The molecule has 1 aliphatic heterocycles. The van der Waals surface area contributed by atoms with Gasteiger partial charge in [0.1, 0.15) is 0 Å². The second-order valence-electron chi connectivity index (χ2n) is 5.57. The zero-order chi connectivity index (χ0) is 14.8. The first-order chi connectivity index (χ1) is 9.37. The van der Waals surface area contributed by atoms with Gasteiger partial charge >= 0.3 is 0 Å². The highest BCUT2D eigenvalue weighted by Gasteiger charge is 2.32. The summed E-state index contributed by atoms with van der Waals surface area (Å²) in [5, 5.41) is 10.1. The third-order valence-corrected chi connectivity index (χ3v) is 5.83. The highest BCUT2D eigenvalue weighted by Crippen LogP contribution is 2.26. The van der Waals surface area contributed by atoms with E-state index >= 15 is 0 Å². The van der Waals surface area contributed by atoms with Gasteiger partial charge in [0.2, 0.25) is 10.0 Å². The molecule has 1 heterocycles. The van der Waals surface area contributed by atoms with Crippen LogP contribution in [0.25, 0.3) is 0 Å². The van der Waals surface area contributed by atoms with Gasteiger partial charge in [-0.2, -0.15) is 4.31 Å². The molecular weight excluding hydrogens is 276 g/mol. The number of rotatable bonds is 3. The third kappa shape index (κ3) is 3.20. The fourth-order valence-corrected chi connectivity index (χ4v) is 4.25. The molecule has 1 atom stereocenters. The Balaban J connectivity index is 2.30. The molecule has 20 heavy (non-hydrogen) atoms. The summed E-state index contributed by atoms with van der Waals surface area (Å²) in [6.45, 7) is 2.74. The van der Waals surface area contributed by atoms with Crippen LogP contribution < -0.4 is 5.73 Å². The Bertz CT molecular complexity index is 570. The molecule has 0 spiro atoms. The van der Waals surface area contributed by atoms with E-state index in [1.165, 1.54) is 4.31 Å². The van der Waals surface area contributed by atoms with Gasteiger partial charge in [-0.15, -0.1) is 0 Å². The number of hydrogen-bond acceptors (Lipinski definition) is 4. The maximum atomic E-state index is 12.7. The van der Waals surface area contributed by atoms with Crippen molar-refractivity contribution in [1.29, 1.82) is 0 Å². The van der Waals surface area contributed by atoms with E-state index in [1.54, 1.807) is 31.2 Å². The predicted octanol–water partition coefficient (Wildman–Crippen LogP) is 1.07. The van der Waals surface area contributed by atoms with Crippen LogP contribution in [0.1, 0.15) is 31.7 Å². The molecule has 2 rings (SSSR count). The quantitative estimate of drug-likeness (QED) is 0.874. The summed E-state index contributed by atoms with van der Waals surface area (Å²) >= 11 is 0. The molecular formula is C14H22N2O3S. The van der Waals surface area contributed by atoms with Crippen LogP contribution in [-0.4, -0.2) is 36.5 Å². The Labute approximate surface area is 120 Å². The molecule has 1 aromatic carbocycles. The van der Waals surface area contributed by atoms with E-state index in [9.17, 15) is 13.5 Å². The van der Waals surface area contributed by atoms with E-state index < -0.39 is 15.6 Å². The Morgan fingerprint density at radius 3 is 2.70 bits per heavy atom. The van der Waals surface area contributed by atoms with Gasteiger partial charge < -0.3 is 10.8 Å². The van der Waals surface area contributed by atoms with Crippen LogP contribution in [0.5, 0.6) is 0 Å². The van der Waals surface area contributed by atoms with Crippen LogP contribution in [0.3, 0.4) is 0 Å². The lowest BCUT2D eigenvalue weighted by Gasteiger charge is -2.23. The van der Waals surface area contributed by atoms with Crippen LogP contribution in [-0.2, 0) is 16.6 Å². The van der Waals surface area contributed by atoms with Crippen molar-refractivity contribution < 1.29 is 13.5 Å². The predicted molar refractivity (Wildman–Crippen MR) is 77.6 cm³/mol. The molecule has 0 aliphatic carbocycles. The van der Waals surface area contributed by atoms with E-state index in [0.717, 1.165) is 0 Å². The second-order valence-corrected chi connectivity index (χ2v) is 7.47. The topological polar surface area (TPSA) is 83.6 Å². The number of hydrogen-bond donors (Lipinski definition) is 2. The maximum Gasteiger partial charge on any atom is 0.243 e. The third-order valence-electron chi connectivity index (χ3n) is 3.83. The van der Waals surface area contributed by atoms with Gasteiger partial charge in [-0.25, -0.2) is 8.42 Å². The van der Waals surface area contributed by atoms with Gasteiger partial charge in [0, 0.05) is 19.6 Å². The molecule has 0 bridgehead atoms. The Hall–Kier alpha value is -0.950. The fourth-order valence-electron chi connectivity index (χ4n) is 2.54. The number of benzene rings is 1. The van der Waals surface area contributed by atoms with Crippen molar-refractivity contribution in [2.24, 2.45) is 5.73 Å². The van der Waals surface area contributed by atoms with Crippen LogP contribution in [0.15, 0.2) is 29.2 Å². The monoisotopic (exact) mass is 298 g/mol. The molecule has 6 heteroatoms. The highest BCUT2D eigenvalue weighted by atomic mass is 32.2. The summed E-state index contributed by atoms with van der Waals surface area (Å²) in [5.74, 6) is 0. The Morgan fingerprint density at radius 2 is 2.00 bits per heavy atom. The lowest BCUT2D eigenvalue weighted by atomic mass is 9.98. The normalized spacial score (nSPS) is 25.4. The van der Waals surface area contributed by atoms with Crippen LogP contribution in [0.4, 0.5) is 0 Å². The lowest BCUT2D eigenvalue weighted by Crippen LogP contribution is -2.34. The van der Waals surface area contributed by atoms with E-state index in [1.807, 2.05) is 0 Å². The number of nitrogens with zero attached hydrogens (tertiary/aromatic N) is 1. The second kappa shape index (κ2) is 5.81. The standard InChI is InChI=1S/C14H22N2O3S/c1-14(17)7-4-9-16(10-8-14)20(18,19)13-6-3-2-5-12(13)11-15/h2-3,5-6,17H,4,7-11,15H2,1H3. The smallest absolute Gasteiger partial charge is 0.243 e. The molecule has 1 aliphatic rings. The average molecular weight is 298 g/mol. The largest absolute Gasteiger partial charge is 0.390 e. The Morgan fingerprint density at radius 1 is 1.30 bits per heavy atom. The fraction of sp³-hybridized carbons (Fsp3) is 0.571. The van der Waals surface area contributed by atoms with Gasteiger partial charge in [0.25, 0.3) is 0 Å². The summed E-state index contributed by atoms with van der Waals surface area (Å²) in [5.41, 5.74) is 5.48. The van der Waals surface area contributed by atoms with E-state index in [0.29, 0.717) is 37.9 Å². The van der Waals surface area contributed by atoms with Crippen molar-refractivity contribution in [3.63, 3.8) is 0 Å². The molecule has 1 unspecified atom stereocenters. The average Bonchev–Trinajstić information content (AvgIpc) is 2.60. The molecule has 0 saturated carbocycles. The van der Waals surface area contributed by atoms with Crippen molar-refractivity contribution >= 4 is 10.0 Å². The Kier molecular flexibility index (Phi) is 4.49. The van der Waals surface area contributed by atoms with Gasteiger partial charge in [0.15, 0.2) is 0 Å². The highest BCUT2D eigenvalue weighted by molar-refractivity contribution is 7.89. The molecule has 112 valence electrons. The zero-order valence-corrected chi connectivity index (χ0v) is 12.6. The zero-order valence-electron chi connectivity index (χ0n) is 11.7. The summed E-state index contributed by atoms with van der Waals surface area (Å²) in [6, 6.07) is 6.83. The minimum Gasteiger partial charge on any atom is -0.390 e. The maximum absolute atomic E-state index is 12.7. The summed E-state index contributed by atoms with van der Waals surface area (Å²) in [7, 11) is -3.54. The van der Waals surface area contributed by atoms with E-state index in [4.69, 9.17) is 5.73 Å². The van der Waals surface area contributed by atoms with E-state index in [2.05, 4.69) is 0 Å². The first-order valence-electron chi connectivity index (χ1n) is 6.87. The minimum atomic E-state index is -3.54. The van der Waals surface area contributed by atoms with Crippen molar-refractivity contribution in [2.45, 2.75) is 43.2 Å². The molecule has 5 nitrogen and oxygen atoms in total. The molecule has 1 saturated heterocycles. The van der Waals surface area contributed by atoms with Crippen molar-refractivity contribution in [2.75, 3.05) is 13.1 Å². The molecule has 0 amide bonds. The number of aliphatic hydroxyl groups is 1. The summed E-state index contributed by atoms with van der Waals surface area (Å²) in [6.07, 6.45) is 1.74.